The number of anilines is 1. The van der Waals surface area contributed by atoms with Crippen molar-refractivity contribution in [1.29, 1.82) is 0 Å². The zero-order valence-corrected chi connectivity index (χ0v) is 19.4. The third kappa shape index (κ3) is 7.50. The Labute approximate surface area is 199 Å². The summed E-state index contributed by atoms with van der Waals surface area (Å²) in [6, 6.07) is 14.9. The Morgan fingerprint density at radius 2 is 1.91 bits per heavy atom. The molecule has 1 saturated heterocycles. The average Bonchev–Trinajstić information content (AvgIpc) is 2.83. The molecular weight excluding hydrogens is 436 g/mol. The topological polar surface area (TPSA) is 108 Å². The summed E-state index contributed by atoms with van der Waals surface area (Å²) in [5.41, 5.74) is 3.14. The fraction of sp³-hybridized carbons (Fsp3) is 0.385. The van der Waals surface area contributed by atoms with Gasteiger partial charge >= 0.3 is 5.97 Å². The van der Waals surface area contributed by atoms with E-state index in [9.17, 15) is 14.7 Å². The van der Waals surface area contributed by atoms with Gasteiger partial charge in [0.05, 0.1) is 25.2 Å². The molecule has 3 atom stereocenters. The van der Waals surface area contributed by atoms with Crippen molar-refractivity contribution in [2.45, 2.75) is 44.4 Å². The summed E-state index contributed by atoms with van der Waals surface area (Å²) in [4.78, 5) is 24.9. The van der Waals surface area contributed by atoms with Crippen molar-refractivity contribution in [3.8, 4) is 0 Å². The summed E-state index contributed by atoms with van der Waals surface area (Å²) in [7, 11) is 2.01. The number of aliphatic carboxylic acids is 1. The molecule has 3 N–H and O–H groups in total. The largest absolute Gasteiger partial charge is 0.481 e. The lowest BCUT2D eigenvalue weighted by Crippen LogP contribution is -2.37. The molecule has 0 aliphatic carbocycles. The molecule has 1 heterocycles. The molecule has 1 aliphatic heterocycles. The van der Waals surface area contributed by atoms with Gasteiger partial charge in [-0.25, -0.2) is 0 Å². The van der Waals surface area contributed by atoms with Gasteiger partial charge in [-0.1, -0.05) is 42.5 Å². The molecule has 8 nitrogen and oxygen atoms in total. The highest BCUT2D eigenvalue weighted by atomic mass is 16.7. The number of carbonyl (C=O) groups is 2. The second kappa shape index (κ2) is 12.4. The number of nitrogens with zero attached hydrogens (tertiary/aromatic N) is 1. The van der Waals surface area contributed by atoms with Crippen LogP contribution >= 0.6 is 0 Å². The van der Waals surface area contributed by atoms with Gasteiger partial charge in [-0.2, -0.15) is 0 Å². The number of carbonyl (C=O) groups excluding carboxylic acids is 1. The second-order valence-corrected chi connectivity index (χ2v) is 8.43. The summed E-state index contributed by atoms with van der Waals surface area (Å²) in [6.45, 7) is 5.21. The molecule has 0 spiro atoms. The number of hydrogen-bond acceptors (Lipinski definition) is 6. The van der Waals surface area contributed by atoms with Crippen molar-refractivity contribution in [3.05, 3.63) is 77.9 Å². The molecule has 0 saturated carbocycles. The molecule has 8 heteroatoms. The number of carboxylic acids is 1. The summed E-state index contributed by atoms with van der Waals surface area (Å²) in [5.74, 6) is -1.38. The quantitative estimate of drug-likeness (QED) is 0.432. The van der Waals surface area contributed by atoms with Gasteiger partial charge in [-0.05, 0) is 30.3 Å². The number of aliphatic hydroxyl groups is 1. The standard InChI is InChI=1S/C26H32N2O6/c1-3-13-28(2)16-22-15-23(19-9-7-18(17-29)8-10-19)34-26(33-22)20-5-4-6-21(14-20)27-24(30)11-12-25(31)32/h3-10,14,22-23,26,29H,1,11-13,15-17H2,2H3,(H,27,30)(H,31,32)/t22-,23+,26+/m0/s1. The number of hydrogen-bond donors (Lipinski definition) is 3. The monoisotopic (exact) mass is 468 g/mol. The van der Waals surface area contributed by atoms with E-state index < -0.39 is 12.3 Å². The highest BCUT2D eigenvalue weighted by Crippen LogP contribution is 2.38. The van der Waals surface area contributed by atoms with Gasteiger partial charge in [0.25, 0.3) is 0 Å². The average molecular weight is 469 g/mol. The molecule has 2 aromatic rings. The second-order valence-electron chi connectivity index (χ2n) is 8.43. The first-order valence-corrected chi connectivity index (χ1v) is 11.3. The molecule has 0 bridgehead atoms. The van der Waals surface area contributed by atoms with Crippen LogP contribution in [0.4, 0.5) is 5.69 Å². The van der Waals surface area contributed by atoms with Crippen molar-refractivity contribution in [1.82, 2.24) is 4.90 Å². The van der Waals surface area contributed by atoms with Crippen LogP contribution in [0.15, 0.2) is 61.2 Å². The van der Waals surface area contributed by atoms with Crippen LogP contribution in [-0.4, -0.2) is 53.2 Å². The maximum atomic E-state index is 12.1. The molecular formula is C26H32N2O6. The van der Waals surface area contributed by atoms with E-state index >= 15 is 0 Å². The summed E-state index contributed by atoms with van der Waals surface area (Å²) in [6.07, 6.45) is 1.24. The Morgan fingerprint density at radius 3 is 2.59 bits per heavy atom. The van der Waals surface area contributed by atoms with Crippen molar-refractivity contribution in [2.24, 2.45) is 0 Å². The van der Waals surface area contributed by atoms with Crippen LogP contribution in [0.5, 0.6) is 0 Å². The van der Waals surface area contributed by atoms with Gasteiger partial charge in [-0.3, -0.25) is 9.59 Å². The Morgan fingerprint density at radius 1 is 1.15 bits per heavy atom. The van der Waals surface area contributed by atoms with Crippen LogP contribution in [0, 0.1) is 0 Å². The third-order valence-electron chi connectivity index (χ3n) is 5.58. The number of carboxylic acid groups (broad SMARTS) is 1. The molecule has 0 aromatic heterocycles. The van der Waals surface area contributed by atoms with Gasteiger partial charge in [0, 0.05) is 37.2 Å². The minimum atomic E-state index is -1.02. The molecule has 2 aromatic carbocycles. The van der Waals surface area contributed by atoms with E-state index in [1.54, 1.807) is 18.2 Å². The zero-order valence-electron chi connectivity index (χ0n) is 19.4. The highest BCUT2D eigenvalue weighted by molar-refractivity contribution is 5.92. The lowest BCUT2D eigenvalue weighted by atomic mass is 9.99. The van der Waals surface area contributed by atoms with Crippen LogP contribution in [0.1, 0.15) is 48.3 Å². The van der Waals surface area contributed by atoms with Crippen LogP contribution in [0.2, 0.25) is 0 Å². The predicted molar refractivity (Wildman–Crippen MR) is 128 cm³/mol. The van der Waals surface area contributed by atoms with Crippen molar-refractivity contribution >= 4 is 17.6 Å². The van der Waals surface area contributed by atoms with Crippen molar-refractivity contribution in [2.75, 3.05) is 25.5 Å². The lowest BCUT2D eigenvalue weighted by molar-refractivity contribution is -0.252. The Hall–Kier alpha value is -3.04. The Balaban J connectivity index is 1.78. The summed E-state index contributed by atoms with van der Waals surface area (Å²) in [5, 5.41) is 20.9. The van der Waals surface area contributed by atoms with E-state index in [0.29, 0.717) is 18.7 Å². The molecule has 1 amide bonds. The first-order chi connectivity index (χ1) is 16.4. The van der Waals surface area contributed by atoms with Crippen LogP contribution in [-0.2, 0) is 25.7 Å². The van der Waals surface area contributed by atoms with E-state index in [4.69, 9.17) is 14.6 Å². The number of rotatable bonds is 11. The van der Waals surface area contributed by atoms with Gasteiger partial charge in [0.2, 0.25) is 5.91 Å². The van der Waals surface area contributed by atoms with Crippen molar-refractivity contribution < 1.29 is 29.3 Å². The molecule has 3 rings (SSSR count). The fourth-order valence-corrected chi connectivity index (χ4v) is 3.88. The number of aliphatic hydroxyl groups excluding tert-OH is 1. The van der Waals surface area contributed by atoms with Gasteiger partial charge in [0.1, 0.15) is 0 Å². The maximum Gasteiger partial charge on any atom is 0.303 e. The molecule has 182 valence electrons. The Kier molecular flexibility index (Phi) is 9.35. The lowest BCUT2D eigenvalue weighted by Gasteiger charge is -2.37. The predicted octanol–water partition coefficient (Wildman–Crippen LogP) is 3.65. The van der Waals surface area contributed by atoms with Crippen molar-refractivity contribution in [3.63, 3.8) is 0 Å². The number of likely N-dealkylation sites (N-methyl/N-ethyl adjacent to an activating group) is 1. The van der Waals surface area contributed by atoms with E-state index in [1.165, 1.54) is 0 Å². The van der Waals surface area contributed by atoms with Gasteiger partial charge < -0.3 is 29.9 Å². The molecule has 0 radical (unpaired) electrons. The zero-order chi connectivity index (χ0) is 24.5. The van der Waals surface area contributed by atoms with Gasteiger partial charge in [-0.15, -0.1) is 6.58 Å². The van der Waals surface area contributed by atoms with E-state index in [-0.39, 0.29) is 37.6 Å². The number of nitrogens with one attached hydrogen (secondary N) is 1. The number of ether oxygens (including phenoxy) is 2. The first-order valence-electron chi connectivity index (χ1n) is 11.3. The van der Waals surface area contributed by atoms with E-state index in [2.05, 4.69) is 16.8 Å². The smallest absolute Gasteiger partial charge is 0.303 e. The van der Waals surface area contributed by atoms with Gasteiger partial charge in [0.15, 0.2) is 6.29 Å². The third-order valence-corrected chi connectivity index (χ3v) is 5.58. The summed E-state index contributed by atoms with van der Waals surface area (Å²) >= 11 is 0. The fourth-order valence-electron chi connectivity index (χ4n) is 3.88. The number of amides is 1. The number of benzene rings is 2. The molecule has 1 aliphatic rings. The minimum absolute atomic E-state index is 0.0164. The van der Waals surface area contributed by atoms with E-state index in [1.807, 2.05) is 43.5 Å². The summed E-state index contributed by atoms with van der Waals surface area (Å²) < 4.78 is 12.6. The van der Waals surface area contributed by atoms with E-state index in [0.717, 1.165) is 23.2 Å². The first kappa shape index (κ1) is 25.6. The van der Waals surface area contributed by atoms with Crippen LogP contribution in [0.3, 0.4) is 0 Å². The van der Waals surface area contributed by atoms with Crippen LogP contribution in [0.25, 0.3) is 0 Å². The Bertz CT molecular complexity index is 978. The maximum absolute atomic E-state index is 12.1. The molecule has 0 unspecified atom stereocenters. The minimum Gasteiger partial charge on any atom is -0.481 e. The molecule has 34 heavy (non-hydrogen) atoms. The van der Waals surface area contributed by atoms with Crippen LogP contribution < -0.4 is 5.32 Å². The normalized spacial score (nSPS) is 20.1. The molecule has 1 fully saturated rings. The highest BCUT2D eigenvalue weighted by Gasteiger charge is 2.32. The SMILES string of the molecule is C=CCN(C)C[C@@H]1C[C@H](c2ccc(CO)cc2)O[C@H](c2cccc(NC(=O)CCC(=O)O)c2)O1.